The van der Waals surface area contributed by atoms with Gasteiger partial charge >= 0.3 is 0 Å². The zero-order chi connectivity index (χ0) is 17.1. The highest BCUT2D eigenvalue weighted by atomic mass is 16.5. The number of ether oxygens (including phenoxy) is 1. The summed E-state index contributed by atoms with van der Waals surface area (Å²) in [4.78, 5) is 14.9. The molecule has 0 bridgehead atoms. The zero-order valence-electron chi connectivity index (χ0n) is 13.8. The molecule has 0 amide bonds. The minimum atomic E-state index is -0.0663. The minimum absolute atomic E-state index is 0.0663. The lowest BCUT2D eigenvalue weighted by atomic mass is 10.2. The summed E-state index contributed by atoms with van der Waals surface area (Å²) in [7, 11) is 1.92. The van der Waals surface area contributed by atoms with Gasteiger partial charge in [-0.15, -0.1) is 0 Å². The van der Waals surface area contributed by atoms with Crippen molar-refractivity contribution in [3.8, 4) is 11.5 Å². The molecule has 4 rings (SSSR count). The van der Waals surface area contributed by atoms with E-state index in [9.17, 15) is 0 Å². The zero-order valence-corrected chi connectivity index (χ0v) is 13.8. The van der Waals surface area contributed by atoms with Crippen molar-refractivity contribution < 1.29 is 13.8 Å². The third-order valence-corrected chi connectivity index (χ3v) is 3.87. The topological polar surface area (TPSA) is 103 Å². The summed E-state index contributed by atoms with van der Waals surface area (Å²) in [6.45, 7) is 1.74. The van der Waals surface area contributed by atoms with Gasteiger partial charge in [0.2, 0.25) is 11.7 Å². The number of hydrogen-bond donors (Lipinski definition) is 0. The van der Waals surface area contributed by atoms with Crippen LogP contribution in [0.2, 0.25) is 0 Å². The first kappa shape index (κ1) is 15.9. The van der Waals surface area contributed by atoms with Gasteiger partial charge in [0, 0.05) is 12.8 Å². The summed E-state index contributed by atoms with van der Waals surface area (Å²) in [5.41, 5.74) is 0.680. The molecule has 1 saturated heterocycles. The van der Waals surface area contributed by atoms with E-state index in [-0.39, 0.29) is 6.10 Å². The Hall–Kier alpha value is -2.65. The van der Waals surface area contributed by atoms with Gasteiger partial charge in [-0.05, 0) is 32.0 Å². The molecule has 0 aliphatic carbocycles. The molecule has 1 fully saturated rings. The highest BCUT2D eigenvalue weighted by Crippen LogP contribution is 2.27. The average molecular weight is 342 g/mol. The van der Waals surface area contributed by atoms with E-state index < -0.39 is 0 Å². The second-order valence-corrected chi connectivity index (χ2v) is 5.95. The number of aromatic nitrogens is 5. The van der Waals surface area contributed by atoms with Crippen molar-refractivity contribution in [1.29, 1.82) is 0 Å². The van der Waals surface area contributed by atoms with Crippen LogP contribution < -0.4 is 0 Å². The number of pyridine rings is 1. The standard InChI is InChI=1S/C16H18N6O3/c1-22(9-13-18-16(25-20-13)12-6-4-8-23-12)10-14-19-15(21-24-14)11-5-2-3-7-17-11/h2-3,5,7,12H,4,6,8-10H2,1H3/t12-/m1/s1. The molecule has 0 saturated carbocycles. The Morgan fingerprint density at radius 2 is 2.12 bits per heavy atom. The normalized spacial score (nSPS) is 17.4. The van der Waals surface area contributed by atoms with Gasteiger partial charge in [-0.25, -0.2) is 0 Å². The fourth-order valence-electron chi connectivity index (χ4n) is 2.68. The summed E-state index contributed by atoms with van der Waals surface area (Å²) < 4.78 is 16.1. The van der Waals surface area contributed by atoms with Crippen LogP contribution in [0.5, 0.6) is 0 Å². The SMILES string of the molecule is CN(Cc1noc([C@H]2CCCO2)n1)Cc1nc(-c2ccccn2)no1. The molecule has 0 radical (unpaired) electrons. The van der Waals surface area contributed by atoms with Gasteiger partial charge < -0.3 is 13.8 Å². The van der Waals surface area contributed by atoms with Gasteiger partial charge in [0.05, 0.1) is 13.1 Å². The van der Waals surface area contributed by atoms with E-state index >= 15 is 0 Å². The quantitative estimate of drug-likeness (QED) is 0.665. The highest BCUT2D eigenvalue weighted by Gasteiger charge is 2.24. The van der Waals surface area contributed by atoms with Crippen molar-refractivity contribution in [2.24, 2.45) is 0 Å². The van der Waals surface area contributed by atoms with Crippen LogP contribution in [-0.2, 0) is 17.8 Å². The lowest BCUT2D eigenvalue weighted by Gasteiger charge is -2.10. The van der Waals surface area contributed by atoms with E-state index in [1.807, 2.05) is 30.1 Å². The van der Waals surface area contributed by atoms with Crippen molar-refractivity contribution in [3.63, 3.8) is 0 Å². The van der Waals surface area contributed by atoms with Crippen molar-refractivity contribution in [1.82, 2.24) is 30.2 Å². The van der Waals surface area contributed by atoms with E-state index in [4.69, 9.17) is 13.8 Å². The molecule has 9 heteroatoms. The Kier molecular flexibility index (Phi) is 4.49. The smallest absolute Gasteiger partial charge is 0.255 e. The molecule has 0 spiro atoms. The fourth-order valence-corrected chi connectivity index (χ4v) is 2.68. The van der Waals surface area contributed by atoms with Crippen LogP contribution in [0.15, 0.2) is 33.4 Å². The second kappa shape index (κ2) is 7.08. The molecular weight excluding hydrogens is 324 g/mol. The van der Waals surface area contributed by atoms with Gasteiger partial charge in [-0.2, -0.15) is 9.97 Å². The molecule has 9 nitrogen and oxygen atoms in total. The van der Waals surface area contributed by atoms with Crippen molar-refractivity contribution in [2.75, 3.05) is 13.7 Å². The molecule has 25 heavy (non-hydrogen) atoms. The maximum Gasteiger partial charge on any atom is 0.255 e. The second-order valence-electron chi connectivity index (χ2n) is 5.95. The van der Waals surface area contributed by atoms with Crippen molar-refractivity contribution >= 4 is 0 Å². The third kappa shape index (κ3) is 3.72. The van der Waals surface area contributed by atoms with Crippen LogP contribution in [-0.4, -0.2) is 43.8 Å². The molecule has 3 aromatic heterocycles. The van der Waals surface area contributed by atoms with Gasteiger partial charge in [0.25, 0.3) is 5.89 Å². The lowest BCUT2D eigenvalue weighted by molar-refractivity contribution is 0.0835. The molecule has 0 N–H and O–H groups in total. The van der Waals surface area contributed by atoms with Gasteiger partial charge in [-0.3, -0.25) is 9.88 Å². The summed E-state index contributed by atoms with van der Waals surface area (Å²) in [6, 6.07) is 5.56. The molecule has 4 heterocycles. The Labute approximate surface area is 144 Å². The largest absolute Gasteiger partial charge is 0.368 e. The van der Waals surface area contributed by atoms with Crippen LogP contribution in [0.25, 0.3) is 11.5 Å². The van der Waals surface area contributed by atoms with Crippen LogP contribution in [0, 0.1) is 0 Å². The molecule has 0 aromatic carbocycles. The number of hydrogen-bond acceptors (Lipinski definition) is 9. The average Bonchev–Trinajstić information content (AvgIpc) is 3.37. The summed E-state index contributed by atoms with van der Waals surface area (Å²) in [6.07, 6.45) is 3.58. The van der Waals surface area contributed by atoms with Gasteiger partial charge in [0.1, 0.15) is 11.8 Å². The number of nitrogens with zero attached hydrogens (tertiary/aromatic N) is 6. The van der Waals surface area contributed by atoms with E-state index in [0.29, 0.717) is 42.2 Å². The Morgan fingerprint density at radius 1 is 1.16 bits per heavy atom. The maximum atomic E-state index is 5.55. The first-order valence-corrected chi connectivity index (χ1v) is 8.14. The van der Waals surface area contributed by atoms with Crippen LogP contribution in [0.4, 0.5) is 0 Å². The Morgan fingerprint density at radius 3 is 2.92 bits per heavy atom. The predicted molar refractivity (Wildman–Crippen MR) is 84.9 cm³/mol. The van der Waals surface area contributed by atoms with Crippen molar-refractivity contribution in [3.05, 3.63) is 42.0 Å². The van der Waals surface area contributed by atoms with E-state index in [0.717, 1.165) is 19.4 Å². The highest BCUT2D eigenvalue weighted by molar-refractivity contribution is 5.46. The first-order chi connectivity index (χ1) is 12.3. The molecular formula is C16H18N6O3. The monoisotopic (exact) mass is 342 g/mol. The fraction of sp³-hybridized carbons (Fsp3) is 0.438. The van der Waals surface area contributed by atoms with Crippen molar-refractivity contribution in [2.45, 2.75) is 32.0 Å². The summed E-state index contributed by atoms with van der Waals surface area (Å²) >= 11 is 0. The first-order valence-electron chi connectivity index (χ1n) is 8.14. The number of rotatable bonds is 6. The third-order valence-electron chi connectivity index (χ3n) is 3.87. The molecule has 3 aromatic rings. The van der Waals surface area contributed by atoms with Crippen LogP contribution in [0.3, 0.4) is 0 Å². The van der Waals surface area contributed by atoms with Crippen LogP contribution in [0.1, 0.15) is 36.6 Å². The predicted octanol–water partition coefficient (Wildman–Crippen LogP) is 2.00. The van der Waals surface area contributed by atoms with Gasteiger partial charge in [0.15, 0.2) is 5.82 Å². The molecule has 1 atom stereocenters. The van der Waals surface area contributed by atoms with E-state index in [1.165, 1.54) is 0 Å². The molecule has 130 valence electrons. The van der Waals surface area contributed by atoms with Crippen LogP contribution >= 0.6 is 0 Å². The van der Waals surface area contributed by atoms with E-state index in [1.54, 1.807) is 6.20 Å². The molecule has 0 unspecified atom stereocenters. The Balaban J connectivity index is 1.36. The summed E-state index contributed by atoms with van der Waals surface area (Å²) in [5, 5.41) is 7.97. The summed E-state index contributed by atoms with van der Waals surface area (Å²) in [5.74, 6) is 2.14. The van der Waals surface area contributed by atoms with Gasteiger partial charge in [-0.1, -0.05) is 16.4 Å². The molecule has 1 aliphatic rings. The lowest BCUT2D eigenvalue weighted by Crippen LogP contribution is -2.18. The Bertz CT molecular complexity index is 812. The minimum Gasteiger partial charge on any atom is -0.368 e. The van der Waals surface area contributed by atoms with E-state index in [2.05, 4.69) is 25.3 Å². The maximum absolute atomic E-state index is 5.55. The molecule has 1 aliphatic heterocycles.